The molecule has 2 saturated heterocycles. The Morgan fingerprint density at radius 1 is 1.07 bits per heavy atom. The van der Waals surface area contributed by atoms with Crippen molar-refractivity contribution < 1.29 is 19.1 Å². The average molecular weight is 413 g/mol. The van der Waals surface area contributed by atoms with Crippen LogP contribution in [0.3, 0.4) is 0 Å². The lowest BCUT2D eigenvalue weighted by atomic mass is 9.84. The number of carbonyl (C=O) groups is 3. The molecule has 1 saturated carbocycles. The Labute approximate surface area is 178 Å². The summed E-state index contributed by atoms with van der Waals surface area (Å²) < 4.78 is 5.61. The first-order valence-corrected chi connectivity index (χ1v) is 11.4. The molecule has 2 aliphatic heterocycles. The van der Waals surface area contributed by atoms with Crippen LogP contribution in [-0.4, -0.2) is 53.8 Å². The largest absolute Gasteiger partial charge is 0.368 e. The van der Waals surface area contributed by atoms with Gasteiger partial charge in [0.25, 0.3) is 0 Å². The molecule has 2 amide bonds. The van der Waals surface area contributed by atoms with E-state index in [2.05, 4.69) is 5.32 Å². The summed E-state index contributed by atoms with van der Waals surface area (Å²) >= 11 is 0. The summed E-state index contributed by atoms with van der Waals surface area (Å²) in [5.74, 6) is 0.175. The van der Waals surface area contributed by atoms with E-state index in [4.69, 9.17) is 4.74 Å². The maximum absolute atomic E-state index is 13.6. The molecule has 3 unspecified atom stereocenters. The zero-order chi connectivity index (χ0) is 20.9. The number of likely N-dealkylation sites (tertiary alicyclic amines) is 1. The van der Waals surface area contributed by atoms with E-state index >= 15 is 0 Å². The van der Waals surface area contributed by atoms with Crippen molar-refractivity contribution in [3.05, 3.63) is 35.9 Å². The van der Waals surface area contributed by atoms with E-state index in [1.807, 2.05) is 30.3 Å². The van der Waals surface area contributed by atoms with Crippen LogP contribution < -0.4 is 5.32 Å². The van der Waals surface area contributed by atoms with Crippen molar-refractivity contribution in [3.63, 3.8) is 0 Å². The van der Waals surface area contributed by atoms with Crippen molar-refractivity contribution in [2.45, 2.75) is 76.0 Å². The fraction of sp³-hybridized carbons (Fsp3) is 0.625. The molecule has 1 N–H and O–H groups in total. The number of benzene rings is 1. The van der Waals surface area contributed by atoms with Gasteiger partial charge >= 0.3 is 0 Å². The van der Waals surface area contributed by atoms with Crippen LogP contribution >= 0.6 is 0 Å². The van der Waals surface area contributed by atoms with Gasteiger partial charge in [0.05, 0.1) is 12.5 Å². The number of Topliss-reactive ketones (excluding diaryl/α,β-unsaturated/α-hetero) is 1. The number of rotatable bonds is 6. The first kappa shape index (κ1) is 21.0. The Bertz CT molecular complexity index is 760. The van der Waals surface area contributed by atoms with E-state index in [9.17, 15) is 14.4 Å². The highest BCUT2D eigenvalue weighted by Crippen LogP contribution is 2.30. The minimum absolute atomic E-state index is 0.0138. The van der Waals surface area contributed by atoms with Gasteiger partial charge in [0.2, 0.25) is 11.8 Å². The molecule has 2 heterocycles. The highest BCUT2D eigenvalue weighted by molar-refractivity contribution is 5.95. The van der Waals surface area contributed by atoms with Gasteiger partial charge in [-0.15, -0.1) is 0 Å². The maximum Gasteiger partial charge on any atom is 0.245 e. The minimum Gasteiger partial charge on any atom is -0.368 e. The lowest BCUT2D eigenvalue weighted by Crippen LogP contribution is -2.58. The van der Waals surface area contributed by atoms with Crippen LogP contribution in [0.4, 0.5) is 0 Å². The molecular formula is C24H32N2O4. The molecule has 1 aromatic rings. The van der Waals surface area contributed by atoms with Gasteiger partial charge in [-0.05, 0) is 30.7 Å². The second kappa shape index (κ2) is 9.73. The Morgan fingerprint density at radius 3 is 2.60 bits per heavy atom. The Hall–Kier alpha value is -2.21. The molecule has 162 valence electrons. The maximum atomic E-state index is 13.6. The molecule has 1 aromatic carbocycles. The number of nitrogens with zero attached hydrogens (tertiary/aromatic N) is 1. The normalized spacial score (nSPS) is 25.6. The summed E-state index contributed by atoms with van der Waals surface area (Å²) in [6, 6.07) is 8.52. The highest BCUT2D eigenvalue weighted by atomic mass is 16.5. The van der Waals surface area contributed by atoms with Crippen molar-refractivity contribution in [2.24, 2.45) is 5.92 Å². The van der Waals surface area contributed by atoms with Gasteiger partial charge in [-0.3, -0.25) is 14.4 Å². The Balaban J connectivity index is 1.47. The van der Waals surface area contributed by atoms with Gasteiger partial charge < -0.3 is 15.0 Å². The van der Waals surface area contributed by atoms with Crippen LogP contribution in [0.25, 0.3) is 0 Å². The molecule has 6 heteroatoms. The number of piperidine rings is 1. The number of carbonyl (C=O) groups excluding carboxylic acids is 3. The summed E-state index contributed by atoms with van der Waals surface area (Å²) in [6.07, 6.45) is 8.18. The number of fused-ring (bicyclic) bond motifs is 1. The smallest absolute Gasteiger partial charge is 0.245 e. The molecule has 3 fully saturated rings. The SMILES string of the molecule is O=C(Cc1ccccc1)NC(CC1CCCCC1)C(=O)N1CCCC2OCC(=O)C21. The predicted molar refractivity (Wildman–Crippen MR) is 113 cm³/mol. The zero-order valence-corrected chi connectivity index (χ0v) is 17.6. The summed E-state index contributed by atoms with van der Waals surface area (Å²) in [6.45, 7) is 0.650. The van der Waals surface area contributed by atoms with Gasteiger partial charge in [-0.25, -0.2) is 0 Å². The van der Waals surface area contributed by atoms with Crippen LogP contribution in [0, 0.1) is 5.92 Å². The summed E-state index contributed by atoms with van der Waals surface area (Å²) in [4.78, 5) is 40.4. The van der Waals surface area contributed by atoms with Crippen LogP contribution in [0.1, 0.15) is 56.9 Å². The molecule has 3 atom stereocenters. The monoisotopic (exact) mass is 412 g/mol. The number of ketones is 1. The fourth-order valence-corrected chi connectivity index (χ4v) is 5.24. The first-order chi connectivity index (χ1) is 14.6. The van der Waals surface area contributed by atoms with Crippen molar-refractivity contribution >= 4 is 17.6 Å². The van der Waals surface area contributed by atoms with Crippen LogP contribution in [0.2, 0.25) is 0 Å². The van der Waals surface area contributed by atoms with Gasteiger partial charge in [-0.1, -0.05) is 62.4 Å². The van der Waals surface area contributed by atoms with Crippen LogP contribution in [0.5, 0.6) is 0 Å². The quantitative estimate of drug-likeness (QED) is 0.779. The van der Waals surface area contributed by atoms with Crippen molar-refractivity contribution in [1.29, 1.82) is 0 Å². The van der Waals surface area contributed by atoms with Crippen LogP contribution in [0.15, 0.2) is 30.3 Å². The number of hydrogen-bond donors (Lipinski definition) is 1. The molecule has 1 aliphatic carbocycles. The Morgan fingerprint density at radius 2 is 1.83 bits per heavy atom. The number of hydrogen-bond acceptors (Lipinski definition) is 4. The molecule has 0 aromatic heterocycles. The third-order valence-electron chi connectivity index (χ3n) is 6.76. The zero-order valence-electron chi connectivity index (χ0n) is 17.6. The molecule has 6 nitrogen and oxygen atoms in total. The molecule has 0 spiro atoms. The topological polar surface area (TPSA) is 75.7 Å². The van der Waals surface area contributed by atoms with Crippen molar-refractivity contribution in [1.82, 2.24) is 10.2 Å². The standard InChI is InChI=1S/C24H32N2O4/c27-20-16-30-21-12-7-13-26(23(20)21)24(29)19(14-17-8-3-1-4-9-17)25-22(28)15-18-10-5-2-6-11-18/h2,5-6,10-11,17,19,21,23H,1,3-4,7-9,12-16H2,(H,25,28). The Kier molecular flexibility index (Phi) is 6.82. The first-order valence-electron chi connectivity index (χ1n) is 11.4. The average Bonchev–Trinajstić information content (AvgIpc) is 3.15. The summed E-state index contributed by atoms with van der Waals surface area (Å²) in [5.41, 5.74) is 0.927. The molecule has 4 rings (SSSR count). The lowest BCUT2D eigenvalue weighted by Gasteiger charge is -2.38. The van der Waals surface area contributed by atoms with E-state index in [1.54, 1.807) is 4.90 Å². The van der Waals surface area contributed by atoms with Gasteiger partial charge in [0.15, 0.2) is 5.78 Å². The third-order valence-corrected chi connectivity index (χ3v) is 6.76. The number of ether oxygens (including phenoxy) is 1. The van der Waals surface area contributed by atoms with Crippen molar-refractivity contribution in [2.75, 3.05) is 13.2 Å². The second-order valence-electron chi connectivity index (χ2n) is 8.96. The van der Waals surface area contributed by atoms with E-state index in [-0.39, 0.29) is 36.7 Å². The molecule has 0 radical (unpaired) electrons. The highest BCUT2D eigenvalue weighted by Gasteiger charge is 2.45. The minimum atomic E-state index is -0.573. The van der Waals surface area contributed by atoms with E-state index in [0.29, 0.717) is 18.9 Å². The van der Waals surface area contributed by atoms with Gasteiger partial charge in [-0.2, -0.15) is 0 Å². The fourth-order valence-electron chi connectivity index (χ4n) is 5.24. The molecular weight excluding hydrogens is 380 g/mol. The van der Waals surface area contributed by atoms with E-state index in [1.165, 1.54) is 19.3 Å². The van der Waals surface area contributed by atoms with Gasteiger partial charge in [0.1, 0.15) is 18.7 Å². The summed E-state index contributed by atoms with van der Waals surface area (Å²) in [7, 11) is 0. The van der Waals surface area contributed by atoms with E-state index < -0.39 is 12.1 Å². The lowest BCUT2D eigenvalue weighted by molar-refractivity contribution is -0.144. The molecule has 0 bridgehead atoms. The van der Waals surface area contributed by atoms with Crippen molar-refractivity contribution in [3.8, 4) is 0 Å². The predicted octanol–water partition coefficient (Wildman–Crippen LogP) is 2.64. The van der Waals surface area contributed by atoms with E-state index in [0.717, 1.165) is 31.2 Å². The summed E-state index contributed by atoms with van der Waals surface area (Å²) in [5, 5.41) is 3.02. The second-order valence-corrected chi connectivity index (χ2v) is 8.96. The molecule has 30 heavy (non-hydrogen) atoms. The molecule has 3 aliphatic rings. The number of nitrogens with one attached hydrogen (secondary N) is 1. The number of amides is 2. The van der Waals surface area contributed by atoms with Gasteiger partial charge in [0, 0.05) is 6.54 Å². The third kappa shape index (κ3) is 4.91. The van der Waals surface area contributed by atoms with Crippen LogP contribution in [-0.2, 0) is 25.5 Å².